The Balaban J connectivity index is 1.80. The summed E-state index contributed by atoms with van der Waals surface area (Å²) in [6.45, 7) is 5.17. The first-order valence-electron chi connectivity index (χ1n) is 9.13. The van der Waals surface area contributed by atoms with Crippen LogP contribution in [-0.2, 0) is 0 Å². The second-order valence-electron chi connectivity index (χ2n) is 6.25. The zero-order valence-electron chi connectivity index (χ0n) is 15.6. The summed E-state index contributed by atoms with van der Waals surface area (Å²) < 4.78 is 17.7. The predicted octanol–water partition coefficient (Wildman–Crippen LogP) is 3.85. The smallest absolute Gasteiger partial charge is 0.128 e. The van der Waals surface area contributed by atoms with Crippen LogP contribution in [-0.4, -0.2) is 47.5 Å². The van der Waals surface area contributed by atoms with Crippen LogP contribution >= 0.6 is 0 Å². The Hall–Kier alpha value is -2.73. The number of aliphatic hydroxyl groups excluding tert-OH is 1. The van der Waals surface area contributed by atoms with E-state index >= 15 is 0 Å². The molecule has 1 aromatic carbocycles. The summed E-state index contributed by atoms with van der Waals surface area (Å²) in [6, 6.07) is 13.4. The number of alkyl halides is 1. The van der Waals surface area contributed by atoms with Crippen molar-refractivity contribution in [1.29, 1.82) is 0 Å². The highest BCUT2D eigenvalue weighted by Gasteiger charge is 2.08. The molecule has 0 saturated carbocycles. The summed E-state index contributed by atoms with van der Waals surface area (Å²) in [4.78, 5) is 11.4. The Bertz CT molecular complexity index is 882. The van der Waals surface area contributed by atoms with Gasteiger partial charge in [-0.15, -0.1) is 0 Å². The van der Waals surface area contributed by atoms with Gasteiger partial charge in [0.2, 0.25) is 0 Å². The van der Waals surface area contributed by atoms with E-state index in [2.05, 4.69) is 23.7 Å². The van der Waals surface area contributed by atoms with Gasteiger partial charge in [0.25, 0.3) is 0 Å². The fourth-order valence-electron chi connectivity index (χ4n) is 2.86. The van der Waals surface area contributed by atoms with Gasteiger partial charge in [-0.2, -0.15) is 0 Å². The average molecular weight is 369 g/mol. The van der Waals surface area contributed by atoms with Crippen molar-refractivity contribution in [3.63, 3.8) is 0 Å². The summed E-state index contributed by atoms with van der Waals surface area (Å²) in [6.07, 6.45) is 0.741. The van der Waals surface area contributed by atoms with Crippen molar-refractivity contribution < 1.29 is 14.2 Å². The van der Waals surface area contributed by atoms with Crippen LogP contribution in [0.5, 0.6) is 5.75 Å². The van der Waals surface area contributed by atoms with Crippen LogP contribution in [0.2, 0.25) is 0 Å². The molecular weight excluding hydrogens is 345 g/mol. The van der Waals surface area contributed by atoms with Gasteiger partial charge < -0.3 is 14.7 Å². The molecule has 27 heavy (non-hydrogen) atoms. The highest BCUT2D eigenvalue weighted by molar-refractivity contribution is 5.82. The van der Waals surface area contributed by atoms with Crippen LogP contribution in [0, 0.1) is 0 Å². The highest BCUT2D eigenvalue weighted by atomic mass is 19.1. The van der Waals surface area contributed by atoms with Crippen molar-refractivity contribution in [2.24, 2.45) is 0 Å². The van der Waals surface area contributed by atoms with Crippen molar-refractivity contribution >= 4 is 16.7 Å². The summed E-state index contributed by atoms with van der Waals surface area (Å²) in [5.74, 6) is 1.54. The number of rotatable bonds is 8. The van der Waals surface area contributed by atoms with Crippen molar-refractivity contribution in [2.75, 3.05) is 31.3 Å². The van der Waals surface area contributed by atoms with Crippen LogP contribution < -0.4 is 9.64 Å². The third-order valence-electron chi connectivity index (χ3n) is 4.41. The Labute approximate surface area is 158 Å². The number of hydrogen-bond acceptors (Lipinski definition) is 5. The van der Waals surface area contributed by atoms with E-state index in [4.69, 9.17) is 9.72 Å². The number of halogens is 1. The molecule has 0 aliphatic heterocycles. The van der Waals surface area contributed by atoms with E-state index in [1.54, 1.807) is 6.07 Å². The minimum absolute atomic E-state index is 0.0714. The summed E-state index contributed by atoms with van der Waals surface area (Å²) in [5, 5.41) is 10.2. The van der Waals surface area contributed by atoms with E-state index < -0.39 is 12.8 Å². The molecule has 0 aliphatic rings. The van der Waals surface area contributed by atoms with Crippen LogP contribution in [0.4, 0.5) is 10.2 Å². The number of hydrogen-bond donors (Lipinski definition) is 1. The van der Waals surface area contributed by atoms with Crippen LogP contribution in [0.1, 0.15) is 13.8 Å². The topological polar surface area (TPSA) is 58.5 Å². The SMILES string of the molecule is CCN(CC)c1ccc(-c2ccc3cc(OCC(O)CF)ccc3n2)cn1. The molecular formula is C21H24FN3O2. The van der Waals surface area contributed by atoms with Gasteiger partial charge in [-0.25, -0.2) is 14.4 Å². The third kappa shape index (κ3) is 4.52. The molecule has 6 heteroatoms. The molecule has 0 saturated heterocycles. The first-order chi connectivity index (χ1) is 13.1. The fourth-order valence-corrected chi connectivity index (χ4v) is 2.86. The normalized spacial score (nSPS) is 12.1. The van der Waals surface area contributed by atoms with Gasteiger partial charge in [-0.05, 0) is 50.2 Å². The predicted molar refractivity (Wildman–Crippen MR) is 106 cm³/mol. The third-order valence-corrected chi connectivity index (χ3v) is 4.41. The maximum atomic E-state index is 12.3. The summed E-state index contributed by atoms with van der Waals surface area (Å²) in [7, 11) is 0. The molecule has 1 atom stereocenters. The van der Waals surface area contributed by atoms with Crippen molar-refractivity contribution in [2.45, 2.75) is 20.0 Å². The Morgan fingerprint density at radius 1 is 1.11 bits per heavy atom. The van der Waals surface area contributed by atoms with E-state index in [0.717, 1.165) is 41.1 Å². The second-order valence-corrected chi connectivity index (χ2v) is 6.25. The number of benzene rings is 1. The number of aromatic nitrogens is 2. The summed E-state index contributed by atoms with van der Waals surface area (Å²) >= 11 is 0. The van der Waals surface area contributed by atoms with Crippen LogP contribution in [0.25, 0.3) is 22.2 Å². The largest absolute Gasteiger partial charge is 0.491 e. The fraction of sp³-hybridized carbons (Fsp3) is 0.333. The molecule has 3 aromatic rings. The first-order valence-corrected chi connectivity index (χ1v) is 9.13. The molecule has 1 unspecified atom stereocenters. The molecule has 5 nitrogen and oxygen atoms in total. The maximum Gasteiger partial charge on any atom is 0.128 e. The number of anilines is 1. The monoisotopic (exact) mass is 369 g/mol. The zero-order valence-corrected chi connectivity index (χ0v) is 15.6. The number of ether oxygens (including phenoxy) is 1. The zero-order chi connectivity index (χ0) is 19.2. The molecule has 2 aromatic heterocycles. The van der Waals surface area contributed by atoms with Gasteiger partial charge in [0.05, 0.1) is 11.2 Å². The van der Waals surface area contributed by atoms with Crippen LogP contribution in [0.3, 0.4) is 0 Å². The number of pyridine rings is 2. The minimum atomic E-state index is -1.10. The molecule has 0 aliphatic carbocycles. The van der Waals surface area contributed by atoms with Gasteiger partial charge in [0, 0.05) is 30.2 Å². The molecule has 2 heterocycles. The lowest BCUT2D eigenvalue weighted by Crippen LogP contribution is -2.22. The number of aliphatic hydroxyl groups is 1. The van der Waals surface area contributed by atoms with E-state index in [1.807, 2.05) is 42.6 Å². The van der Waals surface area contributed by atoms with E-state index in [-0.39, 0.29) is 6.61 Å². The van der Waals surface area contributed by atoms with E-state index in [0.29, 0.717) is 5.75 Å². The lowest BCUT2D eigenvalue weighted by molar-refractivity contribution is 0.0842. The quantitative estimate of drug-likeness (QED) is 0.654. The van der Waals surface area contributed by atoms with E-state index in [1.165, 1.54) is 0 Å². The Morgan fingerprint density at radius 3 is 2.59 bits per heavy atom. The van der Waals surface area contributed by atoms with Crippen molar-refractivity contribution in [3.05, 3.63) is 48.7 Å². The lowest BCUT2D eigenvalue weighted by Gasteiger charge is -2.19. The first kappa shape index (κ1) is 19.0. The number of nitrogens with zero attached hydrogens (tertiary/aromatic N) is 3. The average Bonchev–Trinajstić information content (AvgIpc) is 2.73. The molecule has 1 N–H and O–H groups in total. The van der Waals surface area contributed by atoms with Gasteiger partial charge in [0.15, 0.2) is 0 Å². The molecule has 0 radical (unpaired) electrons. The second kappa shape index (κ2) is 8.77. The van der Waals surface area contributed by atoms with E-state index in [9.17, 15) is 9.50 Å². The molecule has 142 valence electrons. The summed E-state index contributed by atoms with van der Waals surface area (Å²) in [5.41, 5.74) is 2.64. The minimum Gasteiger partial charge on any atom is -0.491 e. The van der Waals surface area contributed by atoms with Crippen molar-refractivity contribution in [1.82, 2.24) is 9.97 Å². The molecule has 0 fully saturated rings. The van der Waals surface area contributed by atoms with Gasteiger partial charge in [-0.1, -0.05) is 6.07 Å². The van der Waals surface area contributed by atoms with Gasteiger partial charge in [0.1, 0.15) is 31.0 Å². The van der Waals surface area contributed by atoms with Gasteiger partial charge >= 0.3 is 0 Å². The van der Waals surface area contributed by atoms with Crippen LogP contribution in [0.15, 0.2) is 48.7 Å². The highest BCUT2D eigenvalue weighted by Crippen LogP contribution is 2.25. The molecule has 0 bridgehead atoms. The molecule has 0 spiro atoms. The molecule has 3 rings (SSSR count). The van der Waals surface area contributed by atoms with Gasteiger partial charge in [-0.3, -0.25) is 0 Å². The van der Waals surface area contributed by atoms with Crippen molar-refractivity contribution in [3.8, 4) is 17.0 Å². The Kier molecular flexibility index (Phi) is 6.19. The lowest BCUT2D eigenvalue weighted by atomic mass is 10.1. The Morgan fingerprint density at radius 2 is 1.93 bits per heavy atom. The molecule has 0 amide bonds. The number of fused-ring (bicyclic) bond motifs is 1. The maximum absolute atomic E-state index is 12.3. The standard InChI is InChI=1S/C21H24FN3O2/c1-3-25(4-2)21-10-6-16(13-23-21)20-8-5-15-11-18(7-9-19(15)24-20)27-14-17(26)12-22/h5-11,13,17,26H,3-4,12,14H2,1-2H3.